The summed E-state index contributed by atoms with van der Waals surface area (Å²) in [6.45, 7) is 1.67. The zero-order valence-electron chi connectivity index (χ0n) is 18.6. The molecule has 3 rings (SSSR count). The Labute approximate surface area is 199 Å². The number of ether oxygens (including phenoxy) is 1. The van der Waals surface area contributed by atoms with Crippen LogP contribution in [0.4, 0.5) is 26.3 Å². The molecule has 8 nitrogen and oxygen atoms in total. The lowest BCUT2D eigenvalue weighted by Crippen LogP contribution is -2.58. The van der Waals surface area contributed by atoms with E-state index >= 15 is 0 Å². The second-order valence-electron chi connectivity index (χ2n) is 8.05. The number of benzene rings is 1. The fourth-order valence-corrected chi connectivity index (χ4v) is 3.15. The van der Waals surface area contributed by atoms with E-state index in [1.54, 1.807) is 5.32 Å². The summed E-state index contributed by atoms with van der Waals surface area (Å²) in [6.07, 6.45) is -7.41. The summed E-state index contributed by atoms with van der Waals surface area (Å²) in [7, 11) is 0. The first-order valence-electron chi connectivity index (χ1n) is 10.1. The van der Waals surface area contributed by atoms with E-state index in [2.05, 4.69) is 14.8 Å². The van der Waals surface area contributed by atoms with Crippen molar-refractivity contribution in [3.05, 3.63) is 70.8 Å². The molecule has 14 heteroatoms. The molecule has 192 valence electrons. The van der Waals surface area contributed by atoms with Crippen LogP contribution in [0.25, 0.3) is 16.9 Å². The molecule has 0 radical (unpaired) electrons. The van der Waals surface area contributed by atoms with Gasteiger partial charge in [0.2, 0.25) is 0 Å². The Morgan fingerprint density at radius 1 is 1.08 bits per heavy atom. The van der Waals surface area contributed by atoms with Gasteiger partial charge < -0.3 is 15.2 Å². The van der Waals surface area contributed by atoms with Gasteiger partial charge in [-0.3, -0.25) is 14.6 Å². The molecule has 2 aromatic heterocycles. The molecule has 0 spiro atoms. The lowest BCUT2D eigenvalue weighted by Gasteiger charge is -2.31. The average Bonchev–Trinajstić information content (AvgIpc) is 2.76. The summed E-state index contributed by atoms with van der Waals surface area (Å²) in [6, 6.07) is 5.21. The van der Waals surface area contributed by atoms with Crippen LogP contribution in [0.3, 0.4) is 0 Å². The van der Waals surface area contributed by atoms with E-state index in [9.17, 15) is 41.0 Å². The second kappa shape index (κ2) is 9.60. The van der Waals surface area contributed by atoms with Crippen LogP contribution in [-0.2, 0) is 0 Å². The summed E-state index contributed by atoms with van der Waals surface area (Å²) < 4.78 is 82.2. The maximum absolute atomic E-state index is 13.5. The van der Waals surface area contributed by atoms with Crippen molar-refractivity contribution in [2.24, 2.45) is 0 Å². The lowest BCUT2D eigenvalue weighted by molar-refractivity contribution is -0.274. The van der Waals surface area contributed by atoms with Crippen LogP contribution in [0.15, 0.2) is 59.7 Å². The van der Waals surface area contributed by atoms with Gasteiger partial charge >= 0.3 is 12.5 Å². The molecule has 0 bridgehead atoms. The molecule has 0 saturated carbocycles. The van der Waals surface area contributed by atoms with Crippen molar-refractivity contribution < 1.29 is 41.0 Å². The third-order valence-electron chi connectivity index (χ3n) is 4.74. The number of rotatable bonds is 6. The SMILES string of the molecule is CC(C)(O)[C@H](NC(=O)c1cc(-c2ccc(OC(F)(F)F)cc2)nn(-c2cccnc2)c1=O)C(F)(F)F. The van der Waals surface area contributed by atoms with E-state index in [0.29, 0.717) is 4.68 Å². The molecule has 2 heterocycles. The van der Waals surface area contributed by atoms with Crippen LogP contribution in [0, 0.1) is 0 Å². The highest BCUT2D eigenvalue weighted by Gasteiger charge is 2.49. The zero-order valence-corrected chi connectivity index (χ0v) is 18.6. The number of amides is 1. The Hall–Kier alpha value is -3.94. The van der Waals surface area contributed by atoms with Gasteiger partial charge in [0.05, 0.1) is 23.2 Å². The van der Waals surface area contributed by atoms with E-state index in [0.717, 1.165) is 44.2 Å². The molecule has 0 aliphatic rings. The van der Waals surface area contributed by atoms with Crippen LogP contribution in [0.5, 0.6) is 5.75 Å². The molecule has 0 saturated heterocycles. The molecule has 0 aliphatic carbocycles. The van der Waals surface area contributed by atoms with E-state index < -0.39 is 47.0 Å². The number of hydrogen-bond donors (Lipinski definition) is 2. The third-order valence-corrected chi connectivity index (χ3v) is 4.74. The van der Waals surface area contributed by atoms with Gasteiger partial charge in [-0.15, -0.1) is 13.2 Å². The number of alkyl halides is 6. The summed E-state index contributed by atoms with van der Waals surface area (Å²) in [5.41, 5.74) is -4.25. The fourth-order valence-electron chi connectivity index (χ4n) is 3.15. The number of carbonyl (C=O) groups is 1. The smallest absolute Gasteiger partial charge is 0.406 e. The number of nitrogens with zero attached hydrogens (tertiary/aromatic N) is 3. The van der Waals surface area contributed by atoms with Gasteiger partial charge in [0, 0.05) is 11.8 Å². The van der Waals surface area contributed by atoms with Crippen LogP contribution < -0.4 is 15.6 Å². The van der Waals surface area contributed by atoms with Crippen molar-refractivity contribution in [1.82, 2.24) is 20.1 Å². The Morgan fingerprint density at radius 3 is 2.22 bits per heavy atom. The largest absolute Gasteiger partial charge is 0.573 e. The summed E-state index contributed by atoms with van der Waals surface area (Å²) in [5.74, 6) is -2.01. The molecule has 0 aliphatic heterocycles. The zero-order chi connectivity index (χ0) is 26.9. The third kappa shape index (κ3) is 6.38. The molecular formula is C22H18F6N4O4. The molecule has 0 fully saturated rings. The molecule has 1 amide bonds. The van der Waals surface area contributed by atoms with E-state index in [4.69, 9.17) is 0 Å². The van der Waals surface area contributed by atoms with E-state index in [-0.39, 0.29) is 16.9 Å². The predicted octanol–water partition coefficient (Wildman–Crippen LogP) is 3.62. The minimum atomic E-state index is -5.06. The summed E-state index contributed by atoms with van der Waals surface area (Å²) in [5, 5.41) is 15.6. The van der Waals surface area contributed by atoms with Crippen molar-refractivity contribution in [1.29, 1.82) is 0 Å². The number of carbonyl (C=O) groups excluding carboxylic acids is 1. The molecule has 1 aromatic carbocycles. The Kier molecular flexibility index (Phi) is 7.11. The van der Waals surface area contributed by atoms with Gasteiger partial charge in [0.1, 0.15) is 11.3 Å². The molecule has 0 unspecified atom stereocenters. The Morgan fingerprint density at radius 2 is 1.72 bits per heavy atom. The fraction of sp³-hybridized carbons (Fsp3) is 0.273. The normalized spacial score (nSPS) is 13.2. The van der Waals surface area contributed by atoms with Crippen molar-refractivity contribution in [3.63, 3.8) is 0 Å². The second-order valence-corrected chi connectivity index (χ2v) is 8.05. The number of aromatic nitrogens is 3. The maximum Gasteiger partial charge on any atom is 0.573 e. The highest BCUT2D eigenvalue weighted by atomic mass is 19.4. The average molecular weight is 516 g/mol. The number of nitrogens with one attached hydrogen (secondary N) is 1. The number of halogens is 6. The van der Waals surface area contributed by atoms with Crippen LogP contribution in [-0.4, -0.2) is 50.0 Å². The van der Waals surface area contributed by atoms with Gasteiger partial charge in [-0.1, -0.05) is 0 Å². The van der Waals surface area contributed by atoms with Gasteiger partial charge in [0.25, 0.3) is 11.5 Å². The van der Waals surface area contributed by atoms with Crippen molar-refractivity contribution in [2.45, 2.75) is 38.0 Å². The van der Waals surface area contributed by atoms with Crippen LogP contribution in [0.1, 0.15) is 24.2 Å². The van der Waals surface area contributed by atoms with E-state index in [1.165, 1.54) is 24.5 Å². The summed E-state index contributed by atoms with van der Waals surface area (Å²) >= 11 is 0. The quantitative estimate of drug-likeness (QED) is 0.485. The van der Waals surface area contributed by atoms with E-state index in [1.807, 2.05) is 0 Å². The number of pyridine rings is 1. The molecule has 2 N–H and O–H groups in total. The van der Waals surface area contributed by atoms with Crippen LogP contribution in [0.2, 0.25) is 0 Å². The van der Waals surface area contributed by atoms with Crippen molar-refractivity contribution in [2.75, 3.05) is 0 Å². The molecule has 1 atom stereocenters. The summed E-state index contributed by atoms with van der Waals surface area (Å²) in [4.78, 5) is 29.7. The topological polar surface area (TPSA) is 106 Å². The molecule has 3 aromatic rings. The highest BCUT2D eigenvalue weighted by molar-refractivity contribution is 5.95. The minimum Gasteiger partial charge on any atom is -0.406 e. The molecule has 36 heavy (non-hydrogen) atoms. The first-order valence-corrected chi connectivity index (χ1v) is 10.1. The first kappa shape index (κ1) is 26.7. The Balaban J connectivity index is 2.12. The van der Waals surface area contributed by atoms with Crippen LogP contribution >= 0.6 is 0 Å². The van der Waals surface area contributed by atoms with Crippen molar-refractivity contribution >= 4 is 5.91 Å². The minimum absolute atomic E-state index is 0.0604. The first-order chi connectivity index (χ1) is 16.6. The van der Waals surface area contributed by atoms with Gasteiger partial charge in [-0.05, 0) is 56.3 Å². The standard InChI is InChI=1S/C22H18F6N4O4/c1-20(2,35)19(21(23,24)25)30-17(33)15-10-16(12-5-7-14(8-6-12)36-22(26,27)28)31-32(18(15)34)13-4-3-9-29-11-13/h3-11,19,35H,1-2H3,(H,30,33)/t19-/m0/s1. The van der Waals surface area contributed by atoms with Gasteiger partial charge in [-0.2, -0.15) is 23.0 Å². The number of aliphatic hydroxyl groups is 1. The highest BCUT2D eigenvalue weighted by Crippen LogP contribution is 2.29. The van der Waals surface area contributed by atoms with Gasteiger partial charge in [-0.25, -0.2) is 0 Å². The predicted molar refractivity (Wildman–Crippen MR) is 113 cm³/mol. The van der Waals surface area contributed by atoms with Crippen molar-refractivity contribution in [3.8, 4) is 22.7 Å². The number of hydrogen-bond acceptors (Lipinski definition) is 6. The lowest BCUT2D eigenvalue weighted by atomic mass is 9.98. The molecular weight excluding hydrogens is 498 g/mol. The maximum atomic E-state index is 13.5. The van der Waals surface area contributed by atoms with Gasteiger partial charge in [0.15, 0.2) is 6.04 Å². The Bertz CT molecular complexity index is 1270. The monoisotopic (exact) mass is 516 g/mol.